The summed E-state index contributed by atoms with van der Waals surface area (Å²) < 4.78 is 5.56. The van der Waals surface area contributed by atoms with Gasteiger partial charge in [0, 0.05) is 39.1 Å². The van der Waals surface area contributed by atoms with Crippen LogP contribution in [0.1, 0.15) is 68.7 Å². The summed E-state index contributed by atoms with van der Waals surface area (Å²) in [5.74, 6) is -0.244. The normalized spacial score (nSPS) is 16.6. The van der Waals surface area contributed by atoms with Crippen LogP contribution in [0.4, 0.5) is 0 Å². The average Bonchev–Trinajstić information content (AvgIpc) is 2.82. The van der Waals surface area contributed by atoms with Gasteiger partial charge in [-0.15, -0.1) is 0 Å². The molecule has 2 aliphatic rings. The van der Waals surface area contributed by atoms with E-state index in [9.17, 15) is 14.4 Å². The number of carbonyl (C=O) groups is 3. The summed E-state index contributed by atoms with van der Waals surface area (Å²) in [4.78, 5) is 41.6. The van der Waals surface area contributed by atoms with E-state index >= 15 is 0 Å². The number of rotatable bonds is 4. The number of amides is 2. The van der Waals surface area contributed by atoms with Crippen molar-refractivity contribution >= 4 is 28.4 Å². The fraction of sp³-hybridized carbons (Fsp3) is 0.269. The lowest BCUT2D eigenvalue weighted by molar-refractivity contribution is 0.0502. The van der Waals surface area contributed by atoms with Gasteiger partial charge in [-0.05, 0) is 37.1 Å². The Labute approximate surface area is 180 Å². The Balaban J connectivity index is 1.72. The van der Waals surface area contributed by atoms with Crippen molar-refractivity contribution in [1.29, 1.82) is 0 Å². The quantitative estimate of drug-likeness (QED) is 0.446. The minimum atomic E-state index is -0.277. The molecule has 31 heavy (non-hydrogen) atoms. The highest BCUT2D eigenvalue weighted by Gasteiger charge is 2.39. The van der Waals surface area contributed by atoms with Crippen LogP contribution in [0.25, 0.3) is 10.8 Å². The van der Waals surface area contributed by atoms with Crippen molar-refractivity contribution in [1.82, 2.24) is 4.90 Å². The van der Waals surface area contributed by atoms with Gasteiger partial charge >= 0.3 is 0 Å². The predicted octanol–water partition coefficient (Wildman–Crippen LogP) is 5.01. The van der Waals surface area contributed by atoms with Crippen LogP contribution in [0.5, 0.6) is 5.75 Å². The molecule has 3 aromatic carbocycles. The van der Waals surface area contributed by atoms with Gasteiger partial charge in [0.2, 0.25) is 0 Å². The summed E-state index contributed by atoms with van der Waals surface area (Å²) >= 11 is 0. The van der Waals surface area contributed by atoms with E-state index in [0.29, 0.717) is 38.8 Å². The van der Waals surface area contributed by atoms with E-state index in [-0.39, 0.29) is 23.6 Å². The number of hydrogen-bond acceptors (Lipinski definition) is 4. The van der Waals surface area contributed by atoms with Crippen LogP contribution >= 0.6 is 0 Å². The smallest absolute Gasteiger partial charge is 0.261 e. The van der Waals surface area contributed by atoms with Crippen LogP contribution in [0.15, 0.2) is 54.6 Å². The number of ether oxygens (including phenoxy) is 1. The number of nitrogens with zero attached hydrogens (tertiary/aromatic N) is 1. The Morgan fingerprint density at radius 1 is 0.839 bits per heavy atom. The molecule has 1 heterocycles. The van der Waals surface area contributed by atoms with E-state index in [1.165, 1.54) is 12.0 Å². The largest absolute Gasteiger partial charge is 0.496 e. The number of methoxy groups -OCH3 is 1. The maximum absolute atomic E-state index is 13.4. The van der Waals surface area contributed by atoms with Crippen LogP contribution in [-0.4, -0.2) is 35.6 Å². The summed E-state index contributed by atoms with van der Waals surface area (Å²) in [5.41, 5.74) is 1.88. The number of imide groups is 1. The average molecular weight is 413 g/mol. The Morgan fingerprint density at radius 3 is 2.13 bits per heavy atom. The maximum atomic E-state index is 13.4. The first-order chi connectivity index (χ1) is 15.1. The van der Waals surface area contributed by atoms with Crippen molar-refractivity contribution in [2.75, 3.05) is 7.11 Å². The number of ketones is 1. The zero-order chi connectivity index (χ0) is 21.5. The molecule has 3 aromatic rings. The monoisotopic (exact) mass is 413 g/mol. The second-order valence-corrected chi connectivity index (χ2v) is 8.19. The third-order valence-corrected chi connectivity index (χ3v) is 6.46. The van der Waals surface area contributed by atoms with Crippen molar-refractivity contribution in [2.45, 2.75) is 38.1 Å². The van der Waals surface area contributed by atoms with Gasteiger partial charge < -0.3 is 4.74 Å². The highest BCUT2D eigenvalue weighted by Crippen LogP contribution is 2.40. The second-order valence-electron chi connectivity index (χ2n) is 8.19. The lowest BCUT2D eigenvalue weighted by Gasteiger charge is -2.36. The first kappa shape index (κ1) is 19.5. The van der Waals surface area contributed by atoms with Crippen LogP contribution in [0.2, 0.25) is 0 Å². The number of benzene rings is 3. The molecule has 0 unspecified atom stereocenters. The lowest BCUT2D eigenvalue weighted by Crippen LogP contribution is -2.47. The van der Waals surface area contributed by atoms with Gasteiger partial charge in [-0.3, -0.25) is 19.3 Å². The third kappa shape index (κ3) is 3.03. The minimum Gasteiger partial charge on any atom is -0.496 e. The molecule has 0 bridgehead atoms. The Kier molecular flexibility index (Phi) is 4.81. The number of carbonyl (C=O) groups excluding carboxylic acids is 3. The Hall–Kier alpha value is -3.47. The standard InChI is InChI=1S/C26H23NO4/c1-31-21-15-14-20-22-19(25(29)27(26(20)30)17-10-6-3-7-11-17)13-12-18(23(21)22)24(28)16-8-4-2-5-9-16/h2,4-5,8-9,12-15,17H,3,6-7,10-11H2,1H3. The molecule has 2 amide bonds. The third-order valence-electron chi connectivity index (χ3n) is 6.46. The van der Waals surface area contributed by atoms with Crippen molar-refractivity contribution < 1.29 is 19.1 Å². The highest BCUT2D eigenvalue weighted by atomic mass is 16.5. The molecule has 1 fully saturated rings. The SMILES string of the molecule is COc1ccc2c3c(ccc(C(=O)c4ccccc4)c13)C(=O)N(C1CCCCC1)C2=O. The minimum absolute atomic E-state index is 0.0651. The molecule has 5 rings (SSSR count). The number of hydrogen-bond donors (Lipinski definition) is 0. The zero-order valence-electron chi connectivity index (χ0n) is 17.4. The van der Waals surface area contributed by atoms with Gasteiger partial charge in [-0.1, -0.05) is 49.6 Å². The fourth-order valence-corrected chi connectivity index (χ4v) is 4.95. The molecule has 1 aliphatic carbocycles. The van der Waals surface area contributed by atoms with Gasteiger partial charge in [0.1, 0.15) is 5.75 Å². The van der Waals surface area contributed by atoms with E-state index in [0.717, 1.165) is 32.1 Å². The van der Waals surface area contributed by atoms with Crippen molar-refractivity contribution in [3.8, 4) is 5.75 Å². The van der Waals surface area contributed by atoms with Gasteiger partial charge in [-0.25, -0.2) is 0 Å². The van der Waals surface area contributed by atoms with Crippen molar-refractivity contribution in [2.24, 2.45) is 0 Å². The zero-order valence-corrected chi connectivity index (χ0v) is 17.4. The van der Waals surface area contributed by atoms with Gasteiger partial charge in [-0.2, -0.15) is 0 Å². The summed E-state index contributed by atoms with van der Waals surface area (Å²) in [6.45, 7) is 0. The molecule has 0 radical (unpaired) electrons. The maximum Gasteiger partial charge on any atom is 0.261 e. The van der Waals surface area contributed by atoms with E-state index in [4.69, 9.17) is 4.74 Å². The van der Waals surface area contributed by atoms with Gasteiger partial charge in [0.15, 0.2) is 5.78 Å². The first-order valence-electron chi connectivity index (χ1n) is 10.7. The summed E-state index contributed by atoms with van der Waals surface area (Å²) in [6, 6.07) is 15.7. The van der Waals surface area contributed by atoms with E-state index in [1.54, 1.807) is 36.4 Å². The topological polar surface area (TPSA) is 63.7 Å². The van der Waals surface area contributed by atoms with E-state index < -0.39 is 0 Å². The Bertz CT molecular complexity index is 1190. The fourth-order valence-electron chi connectivity index (χ4n) is 4.95. The molecule has 0 saturated heterocycles. The molecule has 1 saturated carbocycles. The van der Waals surface area contributed by atoms with Crippen LogP contribution in [0.3, 0.4) is 0 Å². The van der Waals surface area contributed by atoms with Gasteiger partial charge in [0.05, 0.1) is 7.11 Å². The van der Waals surface area contributed by atoms with Crippen molar-refractivity contribution in [3.05, 3.63) is 76.9 Å². The molecule has 0 spiro atoms. The molecule has 1 aliphatic heterocycles. The summed E-state index contributed by atoms with van der Waals surface area (Å²) in [7, 11) is 1.53. The molecule has 0 aromatic heterocycles. The Morgan fingerprint density at radius 2 is 1.48 bits per heavy atom. The predicted molar refractivity (Wildman–Crippen MR) is 118 cm³/mol. The molecule has 0 N–H and O–H groups in total. The molecular formula is C26H23NO4. The summed E-state index contributed by atoms with van der Waals surface area (Å²) in [5, 5.41) is 1.04. The molecule has 5 nitrogen and oxygen atoms in total. The lowest BCUT2D eigenvalue weighted by atomic mass is 9.86. The molecular weight excluding hydrogens is 390 g/mol. The van der Waals surface area contributed by atoms with Crippen LogP contribution < -0.4 is 4.74 Å². The van der Waals surface area contributed by atoms with E-state index in [1.807, 2.05) is 18.2 Å². The first-order valence-corrected chi connectivity index (χ1v) is 10.7. The second kappa shape index (κ2) is 7.65. The molecule has 156 valence electrons. The molecule has 5 heteroatoms. The van der Waals surface area contributed by atoms with Crippen LogP contribution in [0, 0.1) is 0 Å². The van der Waals surface area contributed by atoms with Crippen LogP contribution in [-0.2, 0) is 0 Å². The van der Waals surface area contributed by atoms with E-state index in [2.05, 4.69) is 0 Å². The van der Waals surface area contributed by atoms with Crippen molar-refractivity contribution in [3.63, 3.8) is 0 Å². The highest BCUT2D eigenvalue weighted by molar-refractivity contribution is 6.29. The molecule has 0 atom stereocenters. The van der Waals surface area contributed by atoms with Gasteiger partial charge in [0.25, 0.3) is 11.8 Å². The summed E-state index contributed by atoms with van der Waals surface area (Å²) in [6.07, 6.45) is 4.88.